The molecule has 1 aromatic heterocycles. The largest absolute Gasteiger partial charge is 0.486 e. The van der Waals surface area contributed by atoms with Crippen LogP contribution in [0.15, 0.2) is 12.3 Å². The molecule has 0 radical (unpaired) electrons. The van der Waals surface area contributed by atoms with Gasteiger partial charge in [0.25, 0.3) is 0 Å². The third kappa shape index (κ3) is 1.72. The van der Waals surface area contributed by atoms with Crippen LogP contribution in [0.1, 0.15) is 18.5 Å². The van der Waals surface area contributed by atoms with E-state index in [0.717, 1.165) is 18.5 Å². The summed E-state index contributed by atoms with van der Waals surface area (Å²) in [4.78, 5) is 4.11. The molecule has 70 valence electrons. The van der Waals surface area contributed by atoms with Crippen LogP contribution in [0.4, 0.5) is 5.69 Å². The Balaban J connectivity index is 2.27. The van der Waals surface area contributed by atoms with Crippen LogP contribution in [-0.2, 0) is 6.54 Å². The summed E-state index contributed by atoms with van der Waals surface area (Å²) in [6.45, 7) is 0.368. The summed E-state index contributed by atoms with van der Waals surface area (Å²) in [5.74, 6) is 0.674. The smallest absolute Gasteiger partial charge is 0.165 e. The zero-order valence-electron chi connectivity index (χ0n) is 7.36. The first-order valence-corrected chi connectivity index (χ1v) is 4.41. The predicted octanol–water partition coefficient (Wildman–Crippen LogP) is 0.664. The van der Waals surface area contributed by atoms with Gasteiger partial charge >= 0.3 is 0 Å². The first kappa shape index (κ1) is 8.31. The highest BCUT2D eigenvalue weighted by Crippen LogP contribution is 2.32. The zero-order valence-corrected chi connectivity index (χ0v) is 7.36. The van der Waals surface area contributed by atoms with E-state index in [4.69, 9.17) is 16.2 Å². The van der Waals surface area contributed by atoms with Crippen LogP contribution in [0.2, 0.25) is 0 Å². The average Bonchev–Trinajstić information content (AvgIpc) is 2.92. The molecule has 2 rings (SSSR count). The molecule has 0 spiro atoms. The van der Waals surface area contributed by atoms with Crippen molar-refractivity contribution in [3.63, 3.8) is 0 Å². The standard InChI is InChI=1S/C9H13N3O/c10-5-8-9(13-6-1-2-6)7(11)3-4-12-8/h3-4,6H,1-2,5,10H2,(H2,11,12). The van der Waals surface area contributed by atoms with Crippen LogP contribution in [0.5, 0.6) is 5.75 Å². The molecule has 1 fully saturated rings. The number of hydrogen-bond donors (Lipinski definition) is 2. The second kappa shape index (κ2) is 3.22. The summed E-state index contributed by atoms with van der Waals surface area (Å²) in [6, 6.07) is 1.73. The molecule has 1 aliphatic carbocycles. The molecule has 1 aliphatic rings. The van der Waals surface area contributed by atoms with Gasteiger partial charge in [0.1, 0.15) is 0 Å². The number of nitrogens with two attached hydrogens (primary N) is 2. The van der Waals surface area contributed by atoms with E-state index in [-0.39, 0.29) is 0 Å². The third-order valence-electron chi connectivity index (χ3n) is 2.01. The second-order valence-corrected chi connectivity index (χ2v) is 3.20. The average molecular weight is 179 g/mol. The number of aromatic nitrogens is 1. The predicted molar refractivity (Wildman–Crippen MR) is 50.2 cm³/mol. The molecule has 0 atom stereocenters. The van der Waals surface area contributed by atoms with E-state index in [0.29, 0.717) is 24.1 Å². The number of hydrogen-bond acceptors (Lipinski definition) is 4. The van der Waals surface area contributed by atoms with Gasteiger partial charge < -0.3 is 16.2 Å². The lowest BCUT2D eigenvalue weighted by Crippen LogP contribution is -2.08. The molecule has 4 nitrogen and oxygen atoms in total. The lowest BCUT2D eigenvalue weighted by atomic mass is 10.3. The van der Waals surface area contributed by atoms with Crippen LogP contribution in [0.25, 0.3) is 0 Å². The maximum Gasteiger partial charge on any atom is 0.165 e. The molecule has 1 saturated carbocycles. The number of pyridine rings is 1. The monoisotopic (exact) mass is 179 g/mol. The first-order valence-electron chi connectivity index (χ1n) is 4.41. The van der Waals surface area contributed by atoms with E-state index < -0.39 is 0 Å². The van der Waals surface area contributed by atoms with Gasteiger partial charge in [-0.3, -0.25) is 4.98 Å². The van der Waals surface area contributed by atoms with Crippen molar-refractivity contribution in [3.05, 3.63) is 18.0 Å². The molecule has 1 aromatic rings. The fourth-order valence-electron chi connectivity index (χ4n) is 1.14. The van der Waals surface area contributed by atoms with Gasteiger partial charge in [-0.05, 0) is 18.9 Å². The van der Waals surface area contributed by atoms with Gasteiger partial charge in [0.15, 0.2) is 5.75 Å². The van der Waals surface area contributed by atoms with Gasteiger partial charge in [0.2, 0.25) is 0 Å². The molecule has 0 saturated heterocycles. The maximum absolute atomic E-state index is 5.75. The Morgan fingerprint density at radius 2 is 2.31 bits per heavy atom. The SMILES string of the molecule is NCc1nccc(N)c1OC1CC1. The number of rotatable bonds is 3. The second-order valence-electron chi connectivity index (χ2n) is 3.20. The Morgan fingerprint density at radius 1 is 1.54 bits per heavy atom. The Kier molecular flexibility index (Phi) is 2.06. The fourth-order valence-corrected chi connectivity index (χ4v) is 1.14. The highest BCUT2D eigenvalue weighted by atomic mass is 16.5. The van der Waals surface area contributed by atoms with Crippen LogP contribution in [0, 0.1) is 0 Å². The van der Waals surface area contributed by atoms with Crippen molar-refractivity contribution in [1.29, 1.82) is 0 Å². The molecule has 0 aliphatic heterocycles. The summed E-state index contributed by atoms with van der Waals surface area (Å²) < 4.78 is 5.61. The van der Waals surface area contributed by atoms with E-state index in [1.165, 1.54) is 0 Å². The molecule has 13 heavy (non-hydrogen) atoms. The maximum atomic E-state index is 5.75. The summed E-state index contributed by atoms with van der Waals surface area (Å²) in [5, 5.41) is 0. The summed E-state index contributed by atoms with van der Waals surface area (Å²) in [7, 11) is 0. The molecule has 0 bridgehead atoms. The van der Waals surface area contributed by atoms with E-state index in [2.05, 4.69) is 4.98 Å². The van der Waals surface area contributed by atoms with Crippen molar-refractivity contribution < 1.29 is 4.74 Å². The van der Waals surface area contributed by atoms with Crippen LogP contribution in [-0.4, -0.2) is 11.1 Å². The molecule has 0 unspecified atom stereocenters. The van der Waals surface area contributed by atoms with Crippen molar-refractivity contribution in [2.75, 3.05) is 5.73 Å². The Hall–Kier alpha value is -1.29. The van der Waals surface area contributed by atoms with Crippen molar-refractivity contribution in [1.82, 2.24) is 4.98 Å². The number of nitrogens with zero attached hydrogens (tertiary/aromatic N) is 1. The third-order valence-corrected chi connectivity index (χ3v) is 2.01. The van der Waals surface area contributed by atoms with Crippen molar-refractivity contribution in [3.8, 4) is 5.75 Å². The van der Waals surface area contributed by atoms with Gasteiger partial charge in [0.05, 0.1) is 17.5 Å². The molecule has 0 amide bonds. The van der Waals surface area contributed by atoms with Crippen molar-refractivity contribution in [2.24, 2.45) is 5.73 Å². The number of anilines is 1. The van der Waals surface area contributed by atoms with Gasteiger partial charge in [-0.25, -0.2) is 0 Å². The minimum atomic E-state index is 0.330. The van der Waals surface area contributed by atoms with Gasteiger partial charge in [-0.15, -0.1) is 0 Å². The van der Waals surface area contributed by atoms with Gasteiger partial charge in [-0.2, -0.15) is 0 Å². The first-order chi connectivity index (χ1) is 6.31. The molecule has 4 heteroatoms. The topological polar surface area (TPSA) is 74.2 Å². The van der Waals surface area contributed by atoms with Crippen molar-refractivity contribution >= 4 is 5.69 Å². The quantitative estimate of drug-likeness (QED) is 0.715. The minimum Gasteiger partial charge on any atom is -0.486 e. The highest BCUT2D eigenvalue weighted by Gasteiger charge is 2.25. The summed E-state index contributed by atoms with van der Waals surface area (Å²) >= 11 is 0. The van der Waals surface area contributed by atoms with E-state index in [1.54, 1.807) is 12.3 Å². The molecule has 1 heterocycles. The lowest BCUT2D eigenvalue weighted by Gasteiger charge is -2.10. The molecule has 0 aromatic carbocycles. The number of nitrogen functional groups attached to an aromatic ring is 1. The van der Waals surface area contributed by atoms with Crippen LogP contribution < -0.4 is 16.2 Å². The van der Waals surface area contributed by atoms with E-state index in [9.17, 15) is 0 Å². The Bertz CT molecular complexity index is 310. The molecular weight excluding hydrogens is 166 g/mol. The summed E-state index contributed by atoms with van der Waals surface area (Å²) in [5.41, 5.74) is 12.6. The Labute approximate surface area is 76.9 Å². The summed E-state index contributed by atoms with van der Waals surface area (Å²) in [6.07, 6.45) is 4.20. The van der Waals surface area contributed by atoms with E-state index in [1.807, 2.05) is 0 Å². The van der Waals surface area contributed by atoms with Crippen LogP contribution in [0.3, 0.4) is 0 Å². The normalized spacial score (nSPS) is 15.8. The Morgan fingerprint density at radius 3 is 2.92 bits per heavy atom. The zero-order chi connectivity index (χ0) is 9.26. The highest BCUT2D eigenvalue weighted by molar-refractivity contribution is 5.54. The van der Waals surface area contributed by atoms with Gasteiger partial charge in [0, 0.05) is 12.7 Å². The van der Waals surface area contributed by atoms with E-state index >= 15 is 0 Å². The fraction of sp³-hybridized carbons (Fsp3) is 0.444. The molecule has 4 N–H and O–H groups in total. The lowest BCUT2D eigenvalue weighted by molar-refractivity contribution is 0.300. The van der Waals surface area contributed by atoms with Gasteiger partial charge in [-0.1, -0.05) is 0 Å². The number of ether oxygens (including phenoxy) is 1. The van der Waals surface area contributed by atoms with Crippen LogP contribution >= 0.6 is 0 Å². The van der Waals surface area contributed by atoms with Crippen molar-refractivity contribution in [2.45, 2.75) is 25.5 Å². The minimum absolute atomic E-state index is 0.330. The molecular formula is C9H13N3O.